The maximum atomic E-state index is 12.9. The summed E-state index contributed by atoms with van der Waals surface area (Å²) >= 11 is 0. The average Bonchev–Trinajstić information content (AvgIpc) is 2.16. The van der Waals surface area contributed by atoms with Crippen LogP contribution in [0.5, 0.6) is 0 Å². The van der Waals surface area contributed by atoms with E-state index in [-0.39, 0.29) is 11.7 Å². The lowest BCUT2D eigenvalue weighted by molar-refractivity contribution is -0.126. The number of carbonyl (C=O) groups is 1. The predicted octanol–water partition coefficient (Wildman–Crippen LogP) is 0.288. The van der Waals surface area contributed by atoms with E-state index in [1.54, 1.807) is 26.2 Å². The van der Waals surface area contributed by atoms with Gasteiger partial charge in [0.2, 0.25) is 0 Å². The molecule has 1 aromatic rings. The number of hydrazine groups is 1. The number of benzene rings is 1. The zero-order valence-corrected chi connectivity index (χ0v) is 9.40. The summed E-state index contributed by atoms with van der Waals surface area (Å²) < 4.78 is 12.9. The molecule has 0 heterocycles. The van der Waals surface area contributed by atoms with Gasteiger partial charge in [-0.15, -0.1) is 0 Å². The van der Waals surface area contributed by atoms with E-state index in [0.717, 1.165) is 0 Å². The minimum Gasteiger partial charge on any atom is -0.320 e. The highest BCUT2D eigenvalue weighted by atomic mass is 19.1. The molecule has 16 heavy (non-hydrogen) atoms. The second-order valence-electron chi connectivity index (χ2n) is 3.81. The fourth-order valence-electron chi connectivity index (χ4n) is 1.31. The van der Waals surface area contributed by atoms with Crippen LogP contribution in [-0.4, -0.2) is 31.1 Å². The first kappa shape index (κ1) is 12.6. The molecule has 1 atom stereocenters. The van der Waals surface area contributed by atoms with Crippen molar-refractivity contribution in [3.63, 3.8) is 0 Å². The van der Waals surface area contributed by atoms with Gasteiger partial charge in [-0.1, -0.05) is 12.1 Å². The molecule has 0 saturated heterocycles. The zero-order valence-electron chi connectivity index (χ0n) is 9.40. The van der Waals surface area contributed by atoms with Crippen molar-refractivity contribution >= 4 is 5.91 Å². The third-order valence-corrected chi connectivity index (χ3v) is 2.02. The van der Waals surface area contributed by atoms with Gasteiger partial charge in [-0.3, -0.25) is 10.2 Å². The molecule has 0 saturated carbocycles. The van der Waals surface area contributed by atoms with Crippen molar-refractivity contribution in [2.45, 2.75) is 12.5 Å². The number of hydrogen-bond acceptors (Lipinski definition) is 3. The van der Waals surface area contributed by atoms with Gasteiger partial charge in [-0.2, -0.15) is 0 Å². The van der Waals surface area contributed by atoms with Crippen molar-refractivity contribution in [2.24, 2.45) is 5.73 Å². The molecule has 1 aromatic carbocycles. The summed E-state index contributed by atoms with van der Waals surface area (Å²) in [4.78, 5) is 11.5. The number of carbonyl (C=O) groups excluding carboxylic acids is 1. The molecule has 0 bridgehead atoms. The summed E-state index contributed by atoms with van der Waals surface area (Å²) in [5.74, 6) is -0.605. The second kappa shape index (κ2) is 5.58. The summed E-state index contributed by atoms with van der Waals surface area (Å²) in [5, 5.41) is 1.52. The van der Waals surface area contributed by atoms with Gasteiger partial charge in [-0.05, 0) is 24.1 Å². The maximum Gasteiger partial charge on any atom is 0.251 e. The first-order valence-electron chi connectivity index (χ1n) is 4.97. The van der Waals surface area contributed by atoms with Crippen molar-refractivity contribution in [3.05, 3.63) is 35.6 Å². The average molecular weight is 225 g/mol. The monoisotopic (exact) mass is 225 g/mol. The van der Waals surface area contributed by atoms with Crippen molar-refractivity contribution < 1.29 is 9.18 Å². The highest BCUT2D eigenvalue weighted by Crippen LogP contribution is 2.05. The van der Waals surface area contributed by atoms with Crippen LogP contribution in [0.2, 0.25) is 0 Å². The summed E-state index contributed by atoms with van der Waals surface area (Å²) in [5.41, 5.74) is 8.95. The number of rotatable bonds is 4. The molecule has 5 heteroatoms. The van der Waals surface area contributed by atoms with E-state index in [2.05, 4.69) is 5.43 Å². The summed E-state index contributed by atoms with van der Waals surface area (Å²) in [6.45, 7) is 0. The van der Waals surface area contributed by atoms with Gasteiger partial charge < -0.3 is 5.73 Å². The third kappa shape index (κ3) is 3.96. The lowest BCUT2D eigenvalue weighted by Crippen LogP contribution is -2.47. The van der Waals surface area contributed by atoms with Crippen LogP contribution < -0.4 is 11.2 Å². The van der Waals surface area contributed by atoms with Crippen LogP contribution >= 0.6 is 0 Å². The van der Waals surface area contributed by atoms with Crippen LogP contribution in [0.4, 0.5) is 4.39 Å². The Kier molecular flexibility index (Phi) is 4.39. The van der Waals surface area contributed by atoms with Gasteiger partial charge in [0.15, 0.2) is 0 Å². The molecule has 4 nitrogen and oxygen atoms in total. The van der Waals surface area contributed by atoms with Gasteiger partial charge in [0.1, 0.15) is 5.82 Å². The standard InChI is InChI=1S/C11H16FN3O/c1-15(2)14-11(16)10(13)7-8-4-3-5-9(12)6-8/h3-6,10H,7,13H2,1-2H3,(H,14,16). The molecule has 0 radical (unpaired) electrons. The molecule has 0 spiro atoms. The minimum absolute atomic E-state index is 0.283. The number of hydrogen-bond donors (Lipinski definition) is 2. The molecule has 0 fully saturated rings. The van der Waals surface area contributed by atoms with Gasteiger partial charge in [0.25, 0.3) is 5.91 Å². The van der Waals surface area contributed by atoms with Crippen molar-refractivity contribution in [1.29, 1.82) is 0 Å². The van der Waals surface area contributed by atoms with Crippen LogP contribution in [0, 0.1) is 5.82 Å². The van der Waals surface area contributed by atoms with Gasteiger partial charge >= 0.3 is 0 Å². The topological polar surface area (TPSA) is 58.4 Å². The first-order chi connectivity index (χ1) is 7.49. The maximum absolute atomic E-state index is 12.9. The molecule has 88 valence electrons. The number of nitrogens with two attached hydrogens (primary N) is 1. The number of nitrogens with zero attached hydrogens (tertiary/aromatic N) is 1. The second-order valence-corrected chi connectivity index (χ2v) is 3.81. The van der Waals surface area contributed by atoms with E-state index >= 15 is 0 Å². The number of nitrogens with one attached hydrogen (secondary N) is 1. The molecule has 1 rings (SSSR count). The molecule has 0 aliphatic carbocycles. The lowest BCUT2D eigenvalue weighted by Gasteiger charge is -2.16. The van der Waals surface area contributed by atoms with E-state index in [1.165, 1.54) is 17.1 Å². The van der Waals surface area contributed by atoms with Gasteiger partial charge in [0, 0.05) is 14.1 Å². The number of amides is 1. The molecule has 1 amide bonds. The lowest BCUT2D eigenvalue weighted by atomic mass is 10.1. The Hall–Kier alpha value is -1.46. The van der Waals surface area contributed by atoms with Crippen LogP contribution in [-0.2, 0) is 11.2 Å². The fraction of sp³-hybridized carbons (Fsp3) is 0.364. The highest BCUT2D eigenvalue weighted by Gasteiger charge is 2.14. The zero-order chi connectivity index (χ0) is 12.1. The quantitative estimate of drug-likeness (QED) is 0.724. The van der Waals surface area contributed by atoms with Gasteiger partial charge in [-0.25, -0.2) is 9.40 Å². The van der Waals surface area contributed by atoms with Crippen molar-refractivity contribution in [1.82, 2.24) is 10.4 Å². The fourth-order valence-corrected chi connectivity index (χ4v) is 1.31. The van der Waals surface area contributed by atoms with Crippen LogP contribution in [0.3, 0.4) is 0 Å². The third-order valence-electron chi connectivity index (χ3n) is 2.02. The first-order valence-corrected chi connectivity index (χ1v) is 4.97. The SMILES string of the molecule is CN(C)NC(=O)C(N)Cc1cccc(F)c1. The van der Waals surface area contributed by atoms with E-state index in [1.807, 2.05) is 0 Å². The molecule has 0 aliphatic rings. The molecule has 0 aliphatic heterocycles. The molecule has 0 aromatic heterocycles. The highest BCUT2D eigenvalue weighted by molar-refractivity contribution is 5.81. The Labute approximate surface area is 94.2 Å². The van der Waals surface area contributed by atoms with Crippen LogP contribution in [0.25, 0.3) is 0 Å². The van der Waals surface area contributed by atoms with Crippen LogP contribution in [0.1, 0.15) is 5.56 Å². The van der Waals surface area contributed by atoms with Crippen molar-refractivity contribution in [2.75, 3.05) is 14.1 Å². The summed E-state index contributed by atoms with van der Waals surface area (Å²) in [6, 6.07) is 5.40. The molecule has 1 unspecified atom stereocenters. The normalized spacial score (nSPS) is 12.6. The summed E-state index contributed by atoms with van der Waals surface area (Å²) in [7, 11) is 3.40. The van der Waals surface area contributed by atoms with E-state index < -0.39 is 6.04 Å². The Balaban J connectivity index is 2.57. The van der Waals surface area contributed by atoms with Crippen molar-refractivity contribution in [3.8, 4) is 0 Å². The number of halogens is 1. The predicted molar refractivity (Wildman–Crippen MR) is 59.9 cm³/mol. The van der Waals surface area contributed by atoms with Crippen LogP contribution in [0.15, 0.2) is 24.3 Å². The Morgan fingerprint density at radius 1 is 1.56 bits per heavy atom. The Morgan fingerprint density at radius 2 is 2.25 bits per heavy atom. The molecule has 3 N–H and O–H groups in total. The smallest absolute Gasteiger partial charge is 0.251 e. The minimum atomic E-state index is -0.677. The van der Waals surface area contributed by atoms with E-state index in [0.29, 0.717) is 12.0 Å². The van der Waals surface area contributed by atoms with E-state index in [4.69, 9.17) is 5.73 Å². The van der Waals surface area contributed by atoms with E-state index in [9.17, 15) is 9.18 Å². The largest absolute Gasteiger partial charge is 0.320 e. The Bertz CT molecular complexity index is 368. The molecular weight excluding hydrogens is 209 g/mol. The van der Waals surface area contributed by atoms with Gasteiger partial charge in [0.05, 0.1) is 6.04 Å². The molecular formula is C11H16FN3O. The summed E-state index contributed by atoms with van der Waals surface area (Å²) in [6.07, 6.45) is 0.317. The Morgan fingerprint density at radius 3 is 2.81 bits per heavy atom.